The summed E-state index contributed by atoms with van der Waals surface area (Å²) in [5, 5.41) is 0.191. The molecule has 2 atom stereocenters. The van der Waals surface area contributed by atoms with Crippen LogP contribution in [0.4, 0.5) is 0 Å². The van der Waals surface area contributed by atoms with Crippen molar-refractivity contribution in [2.75, 3.05) is 47.9 Å². The topological polar surface area (TPSA) is 84.3 Å². The van der Waals surface area contributed by atoms with Crippen molar-refractivity contribution in [2.45, 2.75) is 25.3 Å². The molecule has 37 heavy (non-hydrogen) atoms. The van der Waals surface area contributed by atoms with E-state index in [4.69, 9.17) is 21.7 Å². The second-order valence-electron chi connectivity index (χ2n) is 10.3. The maximum absolute atomic E-state index is 14.0. The zero-order chi connectivity index (χ0) is 26.5. The SMILES string of the molecule is COc1ccc(CC2(CN3CC4CC(C3)c3cccc(=O)n3C4)C(=O)N(C)C(=S)N(C)C2=O)c(OC)c1. The first-order chi connectivity index (χ1) is 17.7. The van der Waals surface area contributed by atoms with Crippen LogP contribution in [0.25, 0.3) is 0 Å². The molecule has 2 unspecified atom stereocenters. The minimum absolute atomic E-state index is 0.0260. The average Bonchev–Trinajstić information content (AvgIpc) is 2.90. The molecule has 196 valence electrons. The molecule has 1 aromatic carbocycles. The van der Waals surface area contributed by atoms with Crippen LogP contribution in [0.5, 0.6) is 11.5 Å². The van der Waals surface area contributed by atoms with Crippen LogP contribution in [-0.4, -0.2) is 84.1 Å². The molecule has 0 saturated carbocycles. The summed E-state index contributed by atoms with van der Waals surface area (Å²) < 4.78 is 12.8. The Morgan fingerprint density at radius 2 is 1.70 bits per heavy atom. The number of pyridine rings is 1. The van der Waals surface area contributed by atoms with Gasteiger partial charge in [-0.05, 0) is 42.3 Å². The Kier molecular flexibility index (Phi) is 6.57. The third kappa shape index (κ3) is 4.21. The first-order valence-electron chi connectivity index (χ1n) is 12.4. The first kappa shape index (κ1) is 25.4. The van der Waals surface area contributed by atoms with Crippen molar-refractivity contribution in [3.05, 3.63) is 58.0 Å². The van der Waals surface area contributed by atoms with Gasteiger partial charge in [-0.25, -0.2) is 0 Å². The highest BCUT2D eigenvalue weighted by Gasteiger charge is 2.56. The van der Waals surface area contributed by atoms with Gasteiger partial charge in [-0.15, -0.1) is 0 Å². The second-order valence-corrected chi connectivity index (χ2v) is 10.7. The number of rotatable bonds is 6. The minimum atomic E-state index is -1.38. The van der Waals surface area contributed by atoms with Crippen LogP contribution in [-0.2, 0) is 22.6 Å². The number of piperidine rings is 1. The minimum Gasteiger partial charge on any atom is -0.497 e. The Morgan fingerprint density at radius 3 is 2.38 bits per heavy atom. The number of hydrogen-bond acceptors (Lipinski definition) is 7. The first-order valence-corrected chi connectivity index (χ1v) is 12.8. The standard InChI is InChI=1S/C27H32N4O5S/c1-28-24(33)27(25(34)29(2)26(28)37,12-18-8-9-20(35-3)11-22(18)36-4)16-30-13-17-10-19(15-30)21-6-5-7-23(32)31(21)14-17/h5-9,11,17,19H,10,12-16H2,1-4H3. The highest BCUT2D eigenvalue weighted by molar-refractivity contribution is 7.80. The number of carbonyl (C=O) groups excluding carboxylic acids is 2. The molecular formula is C27H32N4O5S. The van der Waals surface area contributed by atoms with Crippen molar-refractivity contribution < 1.29 is 19.1 Å². The summed E-state index contributed by atoms with van der Waals surface area (Å²) in [6, 6.07) is 10.8. The molecule has 9 nitrogen and oxygen atoms in total. The number of carbonyl (C=O) groups is 2. The van der Waals surface area contributed by atoms with Crippen LogP contribution in [0.15, 0.2) is 41.2 Å². The number of thiocarbonyl (C=S) groups is 1. The lowest BCUT2D eigenvalue weighted by Gasteiger charge is -2.48. The number of likely N-dealkylation sites (tertiary alicyclic amines) is 1. The molecule has 1 aromatic heterocycles. The summed E-state index contributed by atoms with van der Waals surface area (Å²) in [4.78, 5) is 45.4. The van der Waals surface area contributed by atoms with E-state index in [9.17, 15) is 14.4 Å². The number of nitrogens with zero attached hydrogens (tertiary/aromatic N) is 4. The van der Waals surface area contributed by atoms with E-state index in [-0.39, 0.29) is 47.3 Å². The Hall–Kier alpha value is -3.24. The van der Waals surface area contributed by atoms with E-state index < -0.39 is 5.41 Å². The molecule has 2 bridgehead atoms. The fraction of sp³-hybridized carbons (Fsp3) is 0.481. The van der Waals surface area contributed by atoms with Crippen molar-refractivity contribution in [3.63, 3.8) is 0 Å². The van der Waals surface area contributed by atoms with Gasteiger partial charge in [0.2, 0.25) is 11.8 Å². The molecule has 0 spiro atoms. The van der Waals surface area contributed by atoms with Gasteiger partial charge < -0.3 is 18.9 Å². The van der Waals surface area contributed by atoms with Gasteiger partial charge in [-0.2, -0.15) is 0 Å². The summed E-state index contributed by atoms with van der Waals surface area (Å²) in [5.41, 5.74) is 0.415. The Morgan fingerprint density at radius 1 is 0.973 bits per heavy atom. The fourth-order valence-corrected chi connectivity index (χ4v) is 6.47. The summed E-state index contributed by atoms with van der Waals surface area (Å²) >= 11 is 5.40. The smallest absolute Gasteiger partial charge is 0.250 e. The quantitative estimate of drug-likeness (QED) is 0.420. The summed E-state index contributed by atoms with van der Waals surface area (Å²) in [7, 11) is 6.39. The molecule has 2 amide bonds. The Balaban J connectivity index is 1.53. The van der Waals surface area contributed by atoms with E-state index in [1.807, 2.05) is 22.8 Å². The lowest BCUT2D eigenvalue weighted by atomic mass is 9.75. The monoisotopic (exact) mass is 524 g/mol. The van der Waals surface area contributed by atoms with Crippen LogP contribution in [0.3, 0.4) is 0 Å². The molecule has 5 rings (SSSR count). The lowest BCUT2D eigenvalue weighted by Crippen LogP contribution is -2.67. The molecule has 0 radical (unpaired) electrons. The zero-order valence-electron chi connectivity index (χ0n) is 21.6. The summed E-state index contributed by atoms with van der Waals surface area (Å²) in [6.45, 7) is 2.27. The van der Waals surface area contributed by atoms with Gasteiger partial charge in [-0.3, -0.25) is 24.2 Å². The number of benzene rings is 1. The largest absolute Gasteiger partial charge is 0.497 e. The van der Waals surface area contributed by atoms with Crippen LogP contribution in [0.1, 0.15) is 23.6 Å². The van der Waals surface area contributed by atoms with Gasteiger partial charge in [0.1, 0.15) is 16.9 Å². The number of amides is 2. The maximum atomic E-state index is 14.0. The van der Waals surface area contributed by atoms with Gasteiger partial charge in [-0.1, -0.05) is 12.1 Å². The summed E-state index contributed by atoms with van der Waals surface area (Å²) in [5.74, 6) is 0.992. The number of methoxy groups -OCH3 is 2. The molecule has 0 N–H and O–H groups in total. The molecule has 3 aliphatic heterocycles. The van der Waals surface area contributed by atoms with Gasteiger partial charge in [0.25, 0.3) is 5.56 Å². The maximum Gasteiger partial charge on any atom is 0.250 e. The van der Waals surface area contributed by atoms with E-state index in [0.29, 0.717) is 31.1 Å². The molecule has 2 fully saturated rings. The highest BCUT2D eigenvalue weighted by atomic mass is 32.1. The van der Waals surface area contributed by atoms with Crippen molar-refractivity contribution in [1.29, 1.82) is 0 Å². The van der Waals surface area contributed by atoms with Gasteiger partial charge >= 0.3 is 0 Å². The van der Waals surface area contributed by atoms with E-state index in [1.165, 1.54) is 9.80 Å². The van der Waals surface area contributed by atoms with Gasteiger partial charge in [0.15, 0.2) is 5.11 Å². The van der Waals surface area contributed by atoms with Crippen LogP contribution in [0.2, 0.25) is 0 Å². The molecule has 0 aliphatic carbocycles. The highest BCUT2D eigenvalue weighted by Crippen LogP contribution is 2.40. The van der Waals surface area contributed by atoms with E-state index in [0.717, 1.165) is 17.7 Å². The van der Waals surface area contributed by atoms with Crippen molar-refractivity contribution in [2.24, 2.45) is 11.3 Å². The summed E-state index contributed by atoms with van der Waals surface area (Å²) in [6.07, 6.45) is 1.15. The van der Waals surface area contributed by atoms with Crippen LogP contribution in [0, 0.1) is 11.3 Å². The van der Waals surface area contributed by atoms with Crippen LogP contribution >= 0.6 is 12.2 Å². The van der Waals surface area contributed by atoms with Crippen LogP contribution < -0.4 is 15.0 Å². The van der Waals surface area contributed by atoms with E-state index in [2.05, 4.69) is 4.90 Å². The average molecular weight is 525 g/mol. The fourth-order valence-electron chi connectivity index (χ4n) is 6.30. The molecule has 2 aromatic rings. The predicted octanol–water partition coefficient (Wildman–Crippen LogP) is 1.73. The normalized spacial score (nSPS) is 23.2. The zero-order valence-corrected chi connectivity index (χ0v) is 22.4. The molecule has 4 heterocycles. The van der Waals surface area contributed by atoms with E-state index >= 15 is 0 Å². The van der Waals surface area contributed by atoms with Crippen molar-refractivity contribution in [1.82, 2.24) is 19.3 Å². The third-order valence-electron chi connectivity index (χ3n) is 8.04. The molecule has 2 saturated heterocycles. The second kappa shape index (κ2) is 9.57. The number of aromatic nitrogens is 1. The van der Waals surface area contributed by atoms with Gasteiger partial charge in [0.05, 0.1) is 14.2 Å². The molecule has 3 aliphatic rings. The number of fused-ring (bicyclic) bond motifs is 4. The third-order valence-corrected chi connectivity index (χ3v) is 8.58. The van der Waals surface area contributed by atoms with Crippen molar-refractivity contribution in [3.8, 4) is 11.5 Å². The molecular weight excluding hydrogens is 492 g/mol. The lowest BCUT2D eigenvalue weighted by molar-refractivity contribution is -0.157. The number of ether oxygens (including phenoxy) is 2. The molecule has 10 heteroatoms. The number of hydrogen-bond donors (Lipinski definition) is 0. The predicted molar refractivity (Wildman–Crippen MR) is 142 cm³/mol. The Labute approximate surface area is 221 Å². The van der Waals surface area contributed by atoms with E-state index in [1.54, 1.807) is 46.5 Å². The van der Waals surface area contributed by atoms with Crippen molar-refractivity contribution >= 4 is 29.1 Å². The van der Waals surface area contributed by atoms with Gasteiger partial charge in [0, 0.05) is 70.4 Å². The Bertz CT molecular complexity index is 1300.